The maximum Gasteiger partial charge on any atom is 0.271 e. The Hall–Kier alpha value is -1.99. The predicted molar refractivity (Wildman–Crippen MR) is 99.7 cm³/mol. The number of carbonyl (C=O) groups excluding carboxylic acids is 1. The number of nitrogens with zero attached hydrogens (tertiary/aromatic N) is 3. The SMILES string of the molecule is Cc1ccc(Nc2ccc(C(=O)NCCCN(C)C)nn2)c(Br)c1. The van der Waals surface area contributed by atoms with Gasteiger partial charge in [-0.15, -0.1) is 10.2 Å². The molecule has 0 atom stereocenters. The van der Waals surface area contributed by atoms with Crippen molar-refractivity contribution >= 4 is 33.3 Å². The van der Waals surface area contributed by atoms with Gasteiger partial charge < -0.3 is 15.5 Å². The molecule has 1 aromatic carbocycles. The van der Waals surface area contributed by atoms with Crippen molar-refractivity contribution in [2.75, 3.05) is 32.5 Å². The largest absolute Gasteiger partial charge is 0.351 e. The van der Waals surface area contributed by atoms with E-state index in [1.165, 1.54) is 5.56 Å². The second-order valence-electron chi connectivity index (χ2n) is 5.82. The van der Waals surface area contributed by atoms with Gasteiger partial charge in [0.25, 0.3) is 5.91 Å². The van der Waals surface area contributed by atoms with Crippen molar-refractivity contribution in [1.29, 1.82) is 0 Å². The highest BCUT2D eigenvalue weighted by Gasteiger charge is 2.08. The normalized spacial score (nSPS) is 10.7. The second-order valence-corrected chi connectivity index (χ2v) is 6.68. The van der Waals surface area contributed by atoms with Crippen molar-refractivity contribution in [2.24, 2.45) is 0 Å². The first-order valence-electron chi connectivity index (χ1n) is 7.75. The lowest BCUT2D eigenvalue weighted by atomic mass is 10.2. The van der Waals surface area contributed by atoms with Crippen LogP contribution in [0, 0.1) is 6.92 Å². The smallest absolute Gasteiger partial charge is 0.271 e. The molecule has 128 valence electrons. The highest BCUT2D eigenvalue weighted by Crippen LogP contribution is 2.25. The number of hydrogen-bond donors (Lipinski definition) is 2. The molecule has 0 radical (unpaired) electrons. The molecule has 24 heavy (non-hydrogen) atoms. The average molecular weight is 392 g/mol. The average Bonchev–Trinajstić information content (AvgIpc) is 2.54. The quantitative estimate of drug-likeness (QED) is 0.709. The van der Waals surface area contributed by atoms with Crippen LogP contribution in [0.4, 0.5) is 11.5 Å². The number of nitrogens with one attached hydrogen (secondary N) is 2. The molecule has 2 N–H and O–H groups in total. The summed E-state index contributed by atoms with van der Waals surface area (Å²) in [7, 11) is 4.01. The molecule has 0 unspecified atom stereocenters. The monoisotopic (exact) mass is 391 g/mol. The Bertz CT molecular complexity index is 688. The maximum atomic E-state index is 12.0. The molecule has 2 aromatic rings. The molecular formula is C17H22BrN5O. The predicted octanol–water partition coefficient (Wildman–Crippen LogP) is 2.97. The summed E-state index contributed by atoms with van der Waals surface area (Å²) >= 11 is 3.51. The topological polar surface area (TPSA) is 70.2 Å². The van der Waals surface area contributed by atoms with E-state index in [-0.39, 0.29) is 5.91 Å². The van der Waals surface area contributed by atoms with E-state index in [4.69, 9.17) is 0 Å². The summed E-state index contributed by atoms with van der Waals surface area (Å²) in [6.07, 6.45) is 0.896. The summed E-state index contributed by atoms with van der Waals surface area (Å²) in [6, 6.07) is 9.40. The van der Waals surface area contributed by atoms with Crippen LogP contribution in [0.2, 0.25) is 0 Å². The highest BCUT2D eigenvalue weighted by molar-refractivity contribution is 9.10. The van der Waals surface area contributed by atoms with E-state index in [1.807, 2.05) is 39.2 Å². The zero-order chi connectivity index (χ0) is 17.5. The van der Waals surface area contributed by atoms with Crippen LogP contribution in [0.5, 0.6) is 0 Å². The van der Waals surface area contributed by atoms with Gasteiger partial charge in [-0.25, -0.2) is 0 Å². The minimum absolute atomic E-state index is 0.204. The standard InChI is InChI=1S/C17H22BrN5O/c1-12-5-6-14(13(18)11-12)20-16-8-7-15(21-22-16)17(24)19-9-4-10-23(2)3/h5-8,11H,4,9-10H2,1-3H3,(H,19,24)(H,20,22). The fourth-order valence-corrected chi connectivity index (χ4v) is 2.66. The van der Waals surface area contributed by atoms with E-state index in [0.29, 0.717) is 18.1 Å². The second kappa shape index (κ2) is 8.75. The highest BCUT2D eigenvalue weighted by atomic mass is 79.9. The molecule has 7 heteroatoms. The number of hydrogen-bond acceptors (Lipinski definition) is 5. The molecule has 0 aliphatic rings. The number of rotatable bonds is 7. The van der Waals surface area contributed by atoms with Crippen LogP contribution in [0.25, 0.3) is 0 Å². The van der Waals surface area contributed by atoms with E-state index in [1.54, 1.807) is 12.1 Å². The van der Waals surface area contributed by atoms with E-state index in [2.05, 4.69) is 41.7 Å². The lowest BCUT2D eigenvalue weighted by Crippen LogP contribution is -2.28. The Morgan fingerprint density at radius 2 is 2.00 bits per heavy atom. The van der Waals surface area contributed by atoms with Gasteiger partial charge in [-0.1, -0.05) is 6.07 Å². The first kappa shape index (κ1) is 18.4. The molecule has 1 aromatic heterocycles. The van der Waals surface area contributed by atoms with Crippen molar-refractivity contribution in [2.45, 2.75) is 13.3 Å². The number of benzene rings is 1. The van der Waals surface area contributed by atoms with E-state index < -0.39 is 0 Å². The molecule has 0 saturated carbocycles. The van der Waals surface area contributed by atoms with Gasteiger partial charge in [-0.2, -0.15) is 0 Å². The Balaban J connectivity index is 1.91. The van der Waals surface area contributed by atoms with Gasteiger partial charge >= 0.3 is 0 Å². The Kier molecular flexibility index (Phi) is 6.69. The van der Waals surface area contributed by atoms with Crippen molar-refractivity contribution < 1.29 is 4.79 Å². The fraction of sp³-hybridized carbons (Fsp3) is 0.353. The van der Waals surface area contributed by atoms with Crippen LogP contribution in [0.15, 0.2) is 34.8 Å². The molecule has 0 spiro atoms. The van der Waals surface area contributed by atoms with Gasteiger partial charge in [0.2, 0.25) is 0 Å². The van der Waals surface area contributed by atoms with Gasteiger partial charge in [0, 0.05) is 11.0 Å². The van der Waals surface area contributed by atoms with Gasteiger partial charge in [0.1, 0.15) is 0 Å². The van der Waals surface area contributed by atoms with Gasteiger partial charge in [0.05, 0.1) is 5.69 Å². The summed E-state index contributed by atoms with van der Waals surface area (Å²) in [4.78, 5) is 14.1. The number of carbonyl (C=O) groups is 1. The van der Waals surface area contributed by atoms with Crippen molar-refractivity contribution in [3.05, 3.63) is 46.1 Å². The molecule has 6 nitrogen and oxygen atoms in total. The van der Waals surface area contributed by atoms with E-state index in [9.17, 15) is 4.79 Å². The number of amides is 1. The lowest BCUT2D eigenvalue weighted by Gasteiger charge is -2.10. The summed E-state index contributed by atoms with van der Waals surface area (Å²) in [5.74, 6) is 0.382. The number of halogens is 1. The minimum atomic E-state index is -0.204. The molecule has 0 aliphatic carbocycles. The van der Waals surface area contributed by atoms with E-state index in [0.717, 1.165) is 23.1 Å². The molecule has 1 amide bonds. The van der Waals surface area contributed by atoms with Gasteiger partial charge in [0.15, 0.2) is 11.5 Å². The van der Waals surface area contributed by atoms with Crippen molar-refractivity contribution in [3.63, 3.8) is 0 Å². The summed E-state index contributed by atoms with van der Waals surface area (Å²) in [6.45, 7) is 3.58. The third-order valence-corrected chi connectivity index (χ3v) is 4.01. The fourth-order valence-electron chi connectivity index (χ4n) is 2.07. The maximum absolute atomic E-state index is 12.0. The third kappa shape index (κ3) is 5.58. The molecular weight excluding hydrogens is 370 g/mol. The van der Waals surface area contributed by atoms with Crippen molar-refractivity contribution in [1.82, 2.24) is 20.4 Å². The first-order chi connectivity index (χ1) is 11.5. The van der Waals surface area contributed by atoms with E-state index >= 15 is 0 Å². The lowest BCUT2D eigenvalue weighted by molar-refractivity contribution is 0.0946. The molecule has 0 saturated heterocycles. The third-order valence-electron chi connectivity index (χ3n) is 3.35. The summed E-state index contributed by atoms with van der Waals surface area (Å²) < 4.78 is 0.951. The molecule has 1 heterocycles. The van der Waals surface area contributed by atoms with Crippen molar-refractivity contribution in [3.8, 4) is 0 Å². The molecule has 0 bridgehead atoms. The Labute approximate surface area is 150 Å². The first-order valence-corrected chi connectivity index (χ1v) is 8.55. The number of aryl methyl sites for hydroxylation is 1. The summed E-state index contributed by atoms with van der Waals surface area (Å²) in [5, 5.41) is 14.1. The van der Waals surface area contributed by atoms with Crippen LogP contribution < -0.4 is 10.6 Å². The zero-order valence-corrected chi connectivity index (χ0v) is 15.7. The van der Waals surface area contributed by atoms with Gasteiger partial charge in [-0.3, -0.25) is 4.79 Å². The zero-order valence-electron chi connectivity index (χ0n) is 14.1. The molecule has 2 rings (SSSR count). The van der Waals surface area contributed by atoms with Crippen LogP contribution >= 0.6 is 15.9 Å². The number of aromatic nitrogens is 2. The van der Waals surface area contributed by atoms with Crippen LogP contribution in [-0.2, 0) is 0 Å². The van der Waals surface area contributed by atoms with Gasteiger partial charge in [-0.05, 0) is 79.7 Å². The van der Waals surface area contributed by atoms with Crippen LogP contribution in [0.3, 0.4) is 0 Å². The number of anilines is 2. The summed E-state index contributed by atoms with van der Waals surface area (Å²) in [5.41, 5.74) is 2.38. The van der Waals surface area contributed by atoms with Crippen LogP contribution in [0.1, 0.15) is 22.5 Å². The van der Waals surface area contributed by atoms with Crippen LogP contribution in [-0.4, -0.2) is 48.2 Å². The Morgan fingerprint density at radius 1 is 1.21 bits per heavy atom. The molecule has 0 aliphatic heterocycles. The minimum Gasteiger partial charge on any atom is -0.351 e. The molecule has 0 fully saturated rings. The Morgan fingerprint density at radius 3 is 2.62 bits per heavy atom.